The molecule has 8 nitrogen and oxygen atoms in total. The number of rotatable bonds is 4. The third-order valence-electron chi connectivity index (χ3n) is 5.01. The molecule has 1 aromatic rings. The highest BCUT2D eigenvalue weighted by Gasteiger charge is 2.27. The summed E-state index contributed by atoms with van der Waals surface area (Å²) < 4.78 is 24.5. The number of phenols is 1. The van der Waals surface area contributed by atoms with Crippen molar-refractivity contribution in [2.24, 2.45) is 0 Å². The van der Waals surface area contributed by atoms with Crippen LogP contribution in [0.15, 0.2) is 24.3 Å². The molecule has 0 bridgehead atoms. The maximum absolute atomic E-state index is 12.5. The molecule has 144 valence electrons. The van der Waals surface area contributed by atoms with Crippen molar-refractivity contribution in [2.75, 3.05) is 70.1 Å². The molecule has 3 rings (SSSR count). The molecule has 9 heteroatoms. The second kappa shape index (κ2) is 7.81. The molecule has 2 heterocycles. The smallest absolute Gasteiger partial charge is 0.236 e. The van der Waals surface area contributed by atoms with E-state index in [1.54, 1.807) is 17.0 Å². The minimum atomic E-state index is -3.17. The van der Waals surface area contributed by atoms with Crippen LogP contribution in [0.25, 0.3) is 0 Å². The fourth-order valence-electron chi connectivity index (χ4n) is 3.39. The SMILES string of the molecule is CS(=O)(=O)N1CCN(C(=O)CN2CCN(c3ccc(O)cc3)CC2)CC1. The van der Waals surface area contributed by atoms with Crippen LogP contribution in [0.3, 0.4) is 0 Å². The molecular formula is C17H26N4O4S. The molecule has 0 radical (unpaired) electrons. The Kier molecular flexibility index (Phi) is 5.69. The van der Waals surface area contributed by atoms with Crippen LogP contribution in [0.4, 0.5) is 5.69 Å². The molecule has 0 aliphatic carbocycles. The van der Waals surface area contributed by atoms with E-state index in [9.17, 15) is 18.3 Å². The van der Waals surface area contributed by atoms with Crippen LogP contribution in [0.2, 0.25) is 0 Å². The number of carbonyl (C=O) groups is 1. The van der Waals surface area contributed by atoms with E-state index in [1.165, 1.54) is 10.6 Å². The van der Waals surface area contributed by atoms with Gasteiger partial charge >= 0.3 is 0 Å². The molecule has 2 fully saturated rings. The van der Waals surface area contributed by atoms with Crippen molar-refractivity contribution in [3.8, 4) is 5.75 Å². The van der Waals surface area contributed by atoms with Gasteiger partial charge in [0.25, 0.3) is 0 Å². The Hall–Kier alpha value is -1.84. The predicted octanol–water partition coefficient (Wildman–Crippen LogP) is -0.382. The number of amides is 1. The third kappa shape index (κ3) is 4.66. The average molecular weight is 382 g/mol. The van der Waals surface area contributed by atoms with Gasteiger partial charge in [-0.15, -0.1) is 0 Å². The summed E-state index contributed by atoms with van der Waals surface area (Å²) in [5.41, 5.74) is 1.07. The first kappa shape index (κ1) is 18.9. The Labute approximate surface area is 154 Å². The quantitative estimate of drug-likeness (QED) is 0.764. The highest BCUT2D eigenvalue weighted by molar-refractivity contribution is 7.88. The van der Waals surface area contributed by atoms with Gasteiger partial charge in [0, 0.05) is 58.0 Å². The topological polar surface area (TPSA) is 84.4 Å². The second-order valence-electron chi connectivity index (χ2n) is 6.82. The summed E-state index contributed by atoms with van der Waals surface area (Å²) in [6.45, 7) is 5.31. The van der Waals surface area contributed by atoms with Crippen LogP contribution in [0.5, 0.6) is 5.75 Å². The Morgan fingerprint density at radius 1 is 0.962 bits per heavy atom. The van der Waals surface area contributed by atoms with E-state index in [1.807, 2.05) is 12.1 Å². The zero-order valence-electron chi connectivity index (χ0n) is 15.0. The second-order valence-corrected chi connectivity index (χ2v) is 8.80. The number of aromatic hydroxyl groups is 1. The van der Waals surface area contributed by atoms with Crippen LogP contribution < -0.4 is 4.90 Å². The maximum Gasteiger partial charge on any atom is 0.236 e. The summed E-state index contributed by atoms with van der Waals surface area (Å²) in [5.74, 6) is 0.324. The van der Waals surface area contributed by atoms with Crippen LogP contribution in [-0.4, -0.2) is 98.7 Å². The number of hydrogen-bond donors (Lipinski definition) is 1. The lowest BCUT2D eigenvalue weighted by Gasteiger charge is -2.38. The van der Waals surface area contributed by atoms with Crippen molar-refractivity contribution >= 4 is 21.6 Å². The largest absolute Gasteiger partial charge is 0.508 e. The first-order valence-corrected chi connectivity index (χ1v) is 10.7. The Balaban J connectivity index is 1.44. The zero-order valence-corrected chi connectivity index (χ0v) is 15.9. The lowest BCUT2D eigenvalue weighted by atomic mass is 10.2. The molecule has 2 aliphatic heterocycles. The van der Waals surface area contributed by atoms with Crippen molar-refractivity contribution in [3.63, 3.8) is 0 Å². The van der Waals surface area contributed by atoms with E-state index in [-0.39, 0.29) is 11.7 Å². The number of sulfonamides is 1. The van der Waals surface area contributed by atoms with Gasteiger partial charge in [0.2, 0.25) is 15.9 Å². The van der Waals surface area contributed by atoms with Crippen LogP contribution in [0, 0.1) is 0 Å². The fraction of sp³-hybridized carbons (Fsp3) is 0.588. The number of hydrogen-bond acceptors (Lipinski definition) is 6. The van der Waals surface area contributed by atoms with Crippen molar-refractivity contribution < 1.29 is 18.3 Å². The van der Waals surface area contributed by atoms with Crippen molar-refractivity contribution in [3.05, 3.63) is 24.3 Å². The van der Waals surface area contributed by atoms with E-state index in [2.05, 4.69) is 9.80 Å². The third-order valence-corrected chi connectivity index (χ3v) is 6.31. The molecule has 0 spiro atoms. The van der Waals surface area contributed by atoms with Gasteiger partial charge in [-0.3, -0.25) is 9.69 Å². The number of phenolic OH excluding ortho intramolecular Hbond substituents is 1. The molecule has 0 atom stereocenters. The minimum Gasteiger partial charge on any atom is -0.508 e. The lowest BCUT2D eigenvalue weighted by Crippen LogP contribution is -2.54. The van der Waals surface area contributed by atoms with Gasteiger partial charge in [-0.2, -0.15) is 4.31 Å². The Morgan fingerprint density at radius 3 is 2.08 bits per heavy atom. The van der Waals surface area contributed by atoms with Crippen LogP contribution in [-0.2, 0) is 14.8 Å². The standard InChI is InChI=1S/C17H26N4O4S/c1-26(24,25)21-12-10-20(11-13-21)17(23)14-18-6-8-19(9-7-18)15-2-4-16(22)5-3-15/h2-5,22H,6-14H2,1H3. The molecule has 2 aliphatic rings. The van der Waals surface area contributed by atoms with Crippen LogP contribution >= 0.6 is 0 Å². The number of anilines is 1. The molecule has 1 amide bonds. The molecule has 26 heavy (non-hydrogen) atoms. The summed E-state index contributed by atoms with van der Waals surface area (Å²) in [6.07, 6.45) is 1.21. The highest BCUT2D eigenvalue weighted by Crippen LogP contribution is 2.19. The average Bonchev–Trinajstić information content (AvgIpc) is 2.62. The summed E-state index contributed by atoms with van der Waals surface area (Å²) in [5, 5.41) is 9.38. The van der Waals surface area contributed by atoms with Gasteiger partial charge in [-0.05, 0) is 24.3 Å². The number of nitrogens with zero attached hydrogens (tertiary/aromatic N) is 4. The number of carbonyl (C=O) groups excluding carboxylic acids is 1. The van der Waals surface area contributed by atoms with Gasteiger partial charge in [0.1, 0.15) is 5.75 Å². The van der Waals surface area contributed by atoms with E-state index >= 15 is 0 Å². The zero-order chi connectivity index (χ0) is 18.7. The summed E-state index contributed by atoms with van der Waals surface area (Å²) in [4.78, 5) is 18.6. The van der Waals surface area contributed by atoms with Crippen molar-refractivity contribution in [1.82, 2.24) is 14.1 Å². The number of piperazine rings is 2. The van der Waals surface area contributed by atoms with Crippen molar-refractivity contribution in [1.29, 1.82) is 0 Å². The monoisotopic (exact) mass is 382 g/mol. The Morgan fingerprint density at radius 2 is 1.54 bits per heavy atom. The number of benzene rings is 1. The first-order chi connectivity index (χ1) is 12.3. The van der Waals surface area contributed by atoms with E-state index in [4.69, 9.17) is 0 Å². The van der Waals surface area contributed by atoms with E-state index < -0.39 is 10.0 Å². The molecular weight excluding hydrogens is 356 g/mol. The van der Waals surface area contributed by atoms with Gasteiger partial charge in [0.05, 0.1) is 12.8 Å². The molecule has 0 unspecified atom stereocenters. The van der Waals surface area contributed by atoms with Gasteiger partial charge in [0.15, 0.2) is 0 Å². The van der Waals surface area contributed by atoms with Gasteiger partial charge in [-0.25, -0.2) is 8.42 Å². The van der Waals surface area contributed by atoms with Crippen molar-refractivity contribution in [2.45, 2.75) is 0 Å². The van der Waals surface area contributed by atoms with E-state index in [0.29, 0.717) is 32.7 Å². The molecule has 0 saturated carbocycles. The maximum atomic E-state index is 12.5. The van der Waals surface area contributed by atoms with E-state index in [0.717, 1.165) is 31.9 Å². The molecule has 2 saturated heterocycles. The Bertz CT molecular complexity index is 722. The molecule has 0 aromatic heterocycles. The highest BCUT2D eigenvalue weighted by atomic mass is 32.2. The summed E-state index contributed by atoms with van der Waals surface area (Å²) in [7, 11) is -3.17. The summed E-state index contributed by atoms with van der Waals surface area (Å²) >= 11 is 0. The fourth-order valence-corrected chi connectivity index (χ4v) is 4.21. The molecule has 1 N–H and O–H groups in total. The summed E-state index contributed by atoms with van der Waals surface area (Å²) in [6, 6.07) is 7.16. The van der Waals surface area contributed by atoms with Gasteiger partial charge in [-0.1, -0.05) is 0 Å². The first-order valence-electron chi connectivity index (χ1n) is 8.82. The minimum absolute atomic E-state index is 0.0660. The van der Waals surface area contributed by atoms with Crippen LogP contribution in [0.1, 0.15) is 0 Å². The normalized spacial score (nSPS) is 20.3. The molecule has 1 aromatic carbocycles. The van der Waals surface area contributed by atoms with Gasteiger partial charge < -0.3 is 14.9 Å². The predicted molar refractivity (Wildman–Crippen MR) is 99.8 cm³/mol. The lowest BCUT2D eigenvalue weighted by molar-refractivity contribution is -0.133.